The second-order valence-electron chi connectivity index (χ2n) is 7.19. The van der Waals surface area contributed by atoms with Gasteiger partial charge < -0.3 is 19.7 Å². The van der Waals surface area contributed by atoms with Crippen LogP contribution in [0.15, 0.2) is 12.2 Å². The SMILES string of the molecule is C[C@H](CNC(=O)N1C[C@H]2CC=CC[C@@H]2C1)CC1(C)OCCO1. The molecule has 2 saturated heterocycles. The highest BCUT2D eigenvalue weighted by Gasteiger charge is 2.36. The molecule has 0 bridgehead atoms. The summed E-state index contributed by atoms with van der Waals surface area (Å²) in [5.74, 6) is 1.18. The summed E-state index contributed by atoms with van der Waals surface area (Å²) in [5.41, 5.74) is 0. The Hall–Kier alpha value is -1.07. The van der Waals surface area contributed by atoms with Gasteiger partial charge in [-0.15, -0.1) is 0 Å². The van der Waals surface area contributed by atoms with Crippen LogP contribution in [0.1, 0.15) is 33.1 Å². The van der Waals surface area contributed by atoms with Gasteiger partial charge in [0.2, 0.25) is 0 Å². The molecule has 2 heterocycles. The van der Waals surface area contributed by atoms with Crippen LogP contribution in [0.2, 0.25) is 0 Å². The lowest BCUT2D eigenvalue weighted by molar-refractivity contribution is -0.153. The molecule has 0 saturated carbocycles. The van der Waals surface area contributed by atoms with E-state index in [0.29, 0.717) is 37.5 Å². The molecule has 1 aliphatic carbocycles. The van der Waals surface area contributed by atoms with Crippen molar-refractivity contribution in [3.8, 4) is 0 Å². The minimum Gasteiger partial charge on any atom is -0.348 e. The van der Waals surface area contributed by atoms with Gasteiger partial charge in [0.1, 0.15) is 0 Å². The lowest BCUT2D eigenvalue weighted by Gasteiger charge is -2.26. The maximum atomic E-state index is 12.3. The van der Waals surface area contributed by atoms with Crippen molar-refractivity contribution in [2.45, 2.75) is 38.9 Å². The topological polar surface area (TPSA) is 50.8 Å². The van der Waals surface area contributed by atoms with E-state index in [4.69, 9.17) is 9.47 Å². The Morgan fingerprint density at radius 2 is 1.86 bits per heavy atom. The number of nitrogens with zero attached hydrogens (tertiary/aromatic N) is 1. The number of carbonyl (C=O) groups is 1. The van der Waals surface area contributed by atoms with Crippen molar-refractivity contribution < 1.29 is 14.3 Å². The Bertz CT molecular complexity index is 416. The quantitative estimate of drug-likeness (QED) is 0.811. The summed E-state index contributed by atoms with van der Waals surface area (Å²) in [5, 5.41) is 3.08. The van der Waals surface area contributed by atoms with Crippen LogP contribution in [0.4, 0.5) is 4.79 Å². The van der Waals surface area contributed by atoms with Gasteiger partial charge in [0.15, 0.2) is 5.79 Å². The van der Waals surface area contributed by atoms with Crippen molar-refractivity contribution in [3.05, 3.63) is 12.2 Å². The summed E-state index contributed by atoms with van der Waals surface area (Å²) in [6.07, 6.45) is 7.57. The van der Waals surface area contributed by atoms with Crippen LogP contribution in [0, 0.1) is 17.8 Å². The van der Waals surface area contributed by atoms with Gasteiger partial charge in [-0.05, 0) is 37.5 Å². The Morgan fingerprint density at radius 1 is 1.27 bits per heavy atom. The largest absolute Gasteiger partial charge is 0.348 e. The van der Waals surface area contributed by atoms with E-state index in [1.54, 1.807) is 0 Å². The number of rotatable bonds is 4. The number of likely N-dealkylation sites (tertiary alicyclic amines) is 1. The van der Waals surface area contributed by atoms with Gasteiger partial charge >= 0.3 is 6.03 Å². The molecule has 2 aliphatic heterocycles. The third-order valence-corrected chi connectivity index (χ3v) is 5.13. The minimum absolute atomic E-state index is 0.0830. The summed E-state index contributed by atoms with van der Waals surface area (Å²) >= 11 is 0. The molecule has 0 aromatic heterocycles. The molecule has 3 rings (SSSR count). The second-order valence-corrected chi connectivity index (χ2v) is 7.19. The first-order valence-corrected chi connectivity index (χ1v) is 8.51. The van der Waals surface area contributed by atoms with Crippen LogP contribution < -0.4 is 5.32 Å². The smallest absolute Gasteiger partial charge is 0.317 e. The van der Waals surface area contributed by atoms with Crippen molar-refractivity contribution in [2.75, 3.05) is 32.8 Å². The number of amides is 2. The first-order chi connectivity index (χ1) is 10.6. The van der Waals surface area contributed by atoms with Crippen LogP contribution in [0.25, 0.3) is 0 Å². The van der Waals surface area contributed by atoms with Crippen molar-refractivity contribution >= 4 is 6.03 Å². The monoisotopic (exact) mass is 308 g/mol. The number of hydrogen-bond donors (Lipinski definition) is 1. The zero-order valence-electron chi connectivity index (χ0n) is 13.7. The summed E-state index contributed by atoms with van der Waals surface area (Å²) in [6.45, 7) is 7.92. The van der Waals surface area contributed by atoms with Crippen LogP contribution in [-0.4, -0.2) is 49.6 Å². The molecular formula is C17H28N2O3. The zero-order valence-corrected chi connectivity index (χ0v) is 13.7. The van der Waals surface area contributed by atoms with Gasteiger partial charge in [0, 0.05) is 26.1 Å². The summed E-state index contributed by atoms with van der Waals surface area (Å²) < 4.78 is 11.3. The van der Waals surface area contributed by atoms with Gasteiger partial charge in [-0.3, -0.25) is 0 Å². The number of carbonyl (C=O) groups excluding carboxylic acids is 1. The molecule has 0 aromatic rings. The normalized spacial score (nSPS) is 31.1. The fraction of sp³-hybridized carbons (Fsp3) is 0.824. The lowest BCUT2D eigenvalue weighted by atomic mass is 9.86. The number of urea groups is 1. The lowest BCUT2D eigenvalue weighted by Crippen LogP contribution is -2.41. The van der Waals surface area contributed by atoms with Crippen molar-refractivity contribution in [1.29, 1.82) is 0 Å². The van der Waals surface area contributed by atoms with Crippen molar-refractivity contribution in [1.82, 2.24) is 10.2 Å². The predicted molar refractivity (Wildman–Crippen MR) is 84.4 cm³/mol. The van der Waals surface area contributed by atoms with Crippen molar-refractivity contribution in [3.63, 3.8) is 0 Å². The molecule has 5 heteroatoms. The third-order valence-electron chi connectivity index (χ3n) is 5.13. The van der Waals surface area contributed by atoms with Crippen LogP contribution in [-0.2, 0) is 9.47 Å². The number of ether oxygens (including phenoxy) is 2. The highest BCUT2D eigenvalue weighted by atomic mass is 16.7. The van der Waals surface area contributed by atoms with E-state index in [9.17, 15) is 4.79 Å². The molecule has 1 N–H and O–H groups in total. The molecule has 0 spiro atoms. The highest BCUT2D eigenvalue weighted by molar-refractivity contribution is 5.74. The number of allylic oxidation sites excluding steroid dienone is 2. The van der Waals surface area contributed by atoms with Crippen LogP contribution in [0.5, 0.6) is 0 Å². The van der Waals surface area contributed by atoms with E-state index in [1.165, 1.54) is 0 Å². The summed E-state index contributed by atoms with van der Waals surface area (Å²) in [6, 6.07) is 0.0830. The van der Waals surface area contributed by atoms with Crippen LogP contribution in [0.3, 0.4) is 0 Å². The molecule has 3 atom stereocenters. The fourth-order valence-corrected chi connectivity index (χ4v) is 3.93. The minimum atomic E-state index is -0.474. The number of fused-ring (bicyclic) bond motifs is 1. The Morgan fingerprint density at radius 3 is 2.45 bits per heavy atom. The van der Waals surface area contributed by atoms with Gasteiger partial charge in [-0.1, -0.05) is 19.1 Å². The summed E-state index contributed by atoms with van der Waals surface area (Å²) in [7, 11) is 0. The molecule has 22 heavy (non-hydrogen) atoms. The molecule has 0 aromatic carbocycles. The predicted octanol–water partition coefficient (Wildman–Crippen LogP) is 2.38. The van der Waals surface area contributed by atoms with Gasteiger partial charge in [0.05, 0.1) is 13.2 Å². The molecule has 0 unspecified atom stereocenters. The maximum Gasteiger partial charge on any atom is 0.317 e. The van der Waals surface area contributed by atoms with E-state index in [1.807, 2.05) is 11.8 Å². The second kappa shape index (κ2) is 6.59. The molecule has 3 aliphatic rings. The standard InChI is InChI=1S/C17H28N2O3/c1-13(9-17(2)21-7-8-22-17)10-18-16(20)19-11-14-5-3-4-6-15(14)12-19/h3-4,13-15H,5-12H2,1-2H3,(H,18,20)/t13-,14+,15+/m0/s1. The molecule has 0 radical (unpaired) electrons. The van der Waals surface area contributed by atoms with E-state index < -0.39 is 5.79 Å². The first kappa shape index (κ1) is 15.8. The number of hydrogen-bond acceptors (Lipinski definition) is 3. The third kappa shape index (κ3) is 3.63. The average molecular weight is 308 g/mol. The van der Waals surface area contributed by atoms with Gasteiger partial charge in [-0.25, -0.2) is 4.79 Å². The molecule has 2 fully saturated rings. The van der Waals surface area contributed by atoms with Crippen molar-refractivity contribution in [2.24, 2.45) is 17.8 Å². The maximum absolute atomic E-state index is 12.3. The summed E-state index contributed by atoms with van der Waals surface area (Å²) in [4.78, 5) is 14.3. The fourth-order valence-electron chi connectivity index (χ4n) is 3.93. The highest BCUT2D eigenvalue weighted by Crippen LogP contribution is 2.32. The molecule has 2 amide bonds. The van der Waals surface area contributed by atoms with E-state index in [2.05, 4.69) is 24.4 Å². The Kier molecular flexibility index (Phi) is 4.73. The first-order valence-electron chi connectivity index (χ1n) is 8.51. The van der Waals surface area contributed by atoms with Gasteiger partial charge in [-0.2, -0.15) is 0 Å². The zero-order chi connectivity index (χ0) is 15.6. The van der Waals surface area contributed by atoms with E-state index >= 15 is 0 Å². The van der Waals surface area contributed by atoms with E-state index in [-0.39, 0.29) is 6.03 Å². The Balaban J connectivity index is 1.41. The number of nitrogens with one attached hydrogen (secondary N) is 1. The molecule has 5 nitrogen and oxygen atoms in total. The molecular weight excluding hydrogens is 280 g/mol. The molecule has 124 valence electrons. The van der Waals surface area contributed by atoms with Gasteiger partial charge in [0.25, 0.3) is 0 Å². The van der Waals surface area contributed by atoms with Crippen LogP contribution >= 0.6 is 0 Å². The Labute approximate surface area is 133 Å². The van der Waals surface area contributed by atoms with E-state index in [0.717, 1.165) is 32.4 Å². The average Bonchev–Trinajstić information content (AvgIpc) is 3.10.